The number of benzene rings is 1. The highest BCUT2D eigenvalue weighted by Gasteiger charge is 2.19. The van der Waals surface area contributed by atoms with Gasteiger partial charge in [0.1, 0.15) is 0 Å². The van der Waals surface area contributed by atoms with Gasteiger partial charge in [-0.2, -0.15) is 0 Å². The molecule has 0 heterocycles. The van der Waals surface area contributed by atoms with Gasteiger partial charge >= 0.3 is 0 Å². The van der Waals surface area contributed by atoms with Gasteiger partial charge in [-0.05, 0) is 37.8 Å². The maximum Gasteiger partial charge on any atom is 0.0646 e. The zero-order valence-corrected chi connectivity index (χ0v) is 13.1. The van der Waals surface area contributed by atoms with E-state index in [2.05, 4.69) is 19.1 Å². The molecule has 0 fully saturated rings. The zero-order chi connectivity index (χ0) is 13.4. The van der Waals surface area contributed by atoms with Crippen LogP contribution in [0.5, 0.6) is 0 Å². The number of halogens is 4. The Morgan fingerprint density at radius 3 is 1.94 bits per heavy atom. The summed E-state index contributed by atoms with van der Waals surface area (Å²) < 4.78 is 0. The predicted molar refractivity (Wildman–Crippen MR) is 81.4 cm³/mol. The maximum absolute atomic E-state index is 6.28. The Hall–Kier alpha value is -0.140. The Morgan fingerprint density at radius 2 is 1.50 bits per heavy atom. The Kier molecular flexibility index (Phi) is 4.33. The van der Waals surface area contributed by atoms with Crippen molar-refractivity contribution >= 4 is 46.4 Å². The van der Waals surface area contributed by atoms with Crippen LogP contribution in [0.4, 0.5) is 0 Å². The van der Waals surface area contributed by atoms with Gasteiger partial charge in [-0.25, -0.2) is 0 Å². The summed E-state index contributed by atoms with van der Waals surface area (Å²) in [5, 5.41) is 2.00. The summed E-state index contributed by atoms with van der Waals surface area (Å²) in [6, 6.07) is 0. The molecule has 96 valence electrons. The van der Waals surface area contributed by atoms with Crippen LogP contribution < -0.4 is 0 Å². The molecule has 0 saturated carbocycles. The molecule has 0 aromatic heterocycles. The van der Waals surface area contributed by atoms with Gasteiger partial charge in [0.05, 0.1) is 20.1 Å². The summed E-state index contributed by atoms with van der Waals surface area (Å²) in [5.74, 6) is 0. The minimum absolute atomic E-state index is 0.491. The van der Waals surface area contributed by atoms with Crippen molar-refractivity contribution in [2.75, 3.05) is 0 Å². The molecule has 0 radical (unpaired) electrons. The van der Waals surface area contributed by atoms with Crippen LogP contribution in [0.25, 0.3) is 0 Å². The number of hydrogen-bond acceptors (Lipinski definition) is 0. The molecular formula is C14H12Cl4. The Balaban J connectivity index is 2.49. The van der Waals surface area contributed by atoms with Gasteiger partial charge in [-0.15, -0.1) is 0 Å². The molecule has 0 aliphatic heterocycles. The molecule has 4 heteroatoms. The molecule has 0 nitrogen and oxygen atoms in total. The van der Waals surface area contributed by atoms with Crippen LogP contribution in [0.2, 0.25) is 20.1 Å². The molecule has 18 heavy (non-hydrogen) atoms. The van der Waals surface area contributed by atoms with Gasteiger partial charge in [-0.3, -0.25) is 0 Å². The third-order valence-electron chi connectivity index (χ3n) is 3.25. The van der Waals surface area contributed by atoms with E-state index in [9.17, 15) is 0 Å². The first-order chi connectivity index (χ1) is 8.43. The lowest BCUT2D eigenvalue weighted by atomic mass is 10.0. The van der Waals surface area contributed by atoms with E-state index in [1.807, 2.05) is 6.92 Å². The lowest BCUT2D eigenvalue weighted by Crippen LogP contribution is -1.96. The van der Waals surface area contributed by atoms with Crippen molar-refractivity contribution in [2.24, 2.45) is 0 Å². The Morgan fingerprint density at radius 1 is 0.944 bits per heavy atom. The predicted octanol–water partition coefficient (Wildman–Crippen LogP) is 6.43. The normalized spacial score (nSPS) is 14.8. The second kappa shape index (κ2) is 5.46. The average Bonchev–Trinajstić information content (AvgIpc) is 2.75. The van der Waals surface area contributed by atoms with Crippen molar-refractivity contribution < 1.29 is 0 Å². The largest absolute Gasteiger partial charge is 0.0824 e. The minimum Gasteiger partial charge on any atom is -0.0824 e. The van der Waals surface area contributed by atoms with Gasteiger partial charge < -0.3 is 0 Å². The Bertz CT molecular complexity index is 539. The zero-order valence-electron chi connectivity index (χ0n) is 10.1. The first-order valence-electron chi connectivity index (χ1n) is 5.60. The van der Waals surface area contributed by atoms with E-state index in [4.69, 9.17) is 46.4 Å². The molecule has 0 bridgehead atoms. The van der Waals surface area contributed by atoms with Gasteiger partial charge in [0.25, 0.3) is 0 Å². The van der Waals surface area contributed by atoms with E-state index in [0.29, 0.717) is 26.5 Å². The molecule has 0 unspecified atom stereocenters. The summed E-state index contributed by atoms with van der Waals surface area (Å²) in [6.45, 7) is 3.89. The van der Waals surface area contributed by atoms with E-state index in [0.717, 1.165) is 17.5 Å². The fourth-order valence-corrected chi connectivity index (χ4v) is 3.14. The summed E-state index contributed by atoms with van der Waals surface area (Å²) in [4.78, 5) is 0. The topological polar surface area (TPSA) is 0 Å². The van der Waals surface area contributed by atoms with Crippen molar-refractivity contribution in [1.82, 2.24) is 0 Å². The molecule has 0 atom stereocenters. The highest BCUT2D eigenvalue weighted by atomic mass is 35.5. The fourth-order valence-electron chi connectivity index (χ4n) is 2.02. The van der Waals surface area contributed by atoms with Gasteiger partial charge in [0.2, 0.25) is 0 Å². The lowest BCUT2D eigenvalue weighted by Gasteiger charge is -2.14. The van der Waals surface area contributed by atoms with Crippen molar-refractivity contribution in [3.05, 3.63) is 54.5 Å². The van der Waals surface area contributed by atoms with E-state index in [1.165, 1.54) is 11.1 Å². The van der Waals surface area contributed by atoms with Crippen molar-refractivity contribution in [1.29, 1.82) is 0 Å². The number of allylic oxidation sites excluding steroid dienone is 4. The molecule has 1 aliphatic rings. The standard InChI is InChI=1S/C14H12Cl4/c1-7-4-3-5-9(7)6-10-13(17)11(15)8(2)12(16)14(10)18/h3-4H,5-6H2,1-2H3. The van der Waals surface area contributed by atoms with Crippen LogP contribution in [0.15, 0.2) is 23.3 Å². The molecule has 0 N–H and O–H groups in total. The number of rotatable bonds is 2. The first-order valence-corrected chi connectivity index (χ1v) is 7.11. The smallest absolute Gasteiger partial charge is 0.0646 e. The van der Waals surface area contributed by atoms with E-state index >= 15 is 0 Å². The number of hydrogen-bond donors (Lipinski definition) is 0. The van der Waals surface area contributed by atoms with Crippen LogP contribution in [0.1, 0.15) is 24.5 Å². The second-order valence-corrected chi connectivity index (χ2v) is 5.94. The molecule has 0 spiro atoms. The van der Waals surface area contributed by atoms with Crippen molar-refractivity contribution in [2.45, 2.75) is 26.7 Å². The van der Waals surface area contributed by atoms with Crippen molar-refractivity contribution in [3.63, 3.8) is 0 Å². The quantitative estimate of drug-likeness (QED) is 0.551. The molecule has 1 aromatic carbocycles. The van der Waals surface area contributed by atoms with E-state index < -0.39 is 0 Å². The molecule has 0 amide bonds. The summed E-state index contributed by atoms with van der Waals surface area (Å²) in [7, 11) is 0. The van der Waals surface area contributed by atoms with Crippen LogP contribution in [0, 0.1) is 6.92 Å². The monoisotopic (exact) mass is 320 g/mol. The second-order valence-electron chi connectivity index (χ2n) is 4.43. The average molecular weight is 322 g/mol. The van der Waals surface area contributed by atoms with E-state index in [-0.39, 0.29) is 0 Å². The highest BCUT2D eigenvalue weighted by Crippen LogP contribution is 2.42. The van der Waals surface area contributed by atoms with Crippen molar-refractivity contribution in [3.8, 4) is 0 Å². The highest BCUT2D eigenvalue weighted by molar-refractivity contribution is 6.48. The van der Waals surface area contributed by atoms with Gasteiger partial charge in [0.15, 0.2) is 0 Å². The molecule has 0 saturated heterocycles. The summed E-state index contributed by atoms with van der Waals surface area (Å²) in [5.41, 5.74) is 4.11. The minimum atomic E-state index is 0.491. The maximum atomic E-state index is 6.28. The molecule has 1 aromatic rings. The summed E-state index contributed by atoms with van der Waals surface area (Å²) >= 11 is 24.9. The molecular weight excluding hydrogens is 310 g/mol. The van der Waals surface area contributed by atoms with Gasteiger partial charge in [0, 0.05) is 0 Å². The summed E-state index contributed by atoms with van der Waals surface area (Å²) in [6.07, 6.45) is 5.86. The Labute approximate surface area is 127 Å². The SMILES string of the molecule is CC1=C(Cc2c(Cl)c(Cl)c(C)c(Cl)c2Cl)CC=C1. The van der Waals surface area contributed by atoms with Crippen LogP contribution in [0.3, 0.4) is 0 Å². The van der Waals surface area contributed by atoms with Crippen LogP contribution in [-0.4, -0.2) is 0 Å². The third-order valence-corrected chi connectivity index (χ3v) is 5.23. The molecule has 2 rings (SSSR count). The van der Waals surface area contributed by atoms with Gasteiger partial charge in [-0.1, -0.05) is 69.7 Å². The van der Waals surface area contributed by atoms with Crippen LogP contribution >= 0.6 is 46.4 Å². The van der Waals surface area contributed by atoms with Crippen LogP contribution in [-0.2, 0) is 6.42 Å². The third kappa shape index (κ3) is 2.44. The first kappa shape index (κ1) is 14.3. The van der Waals surface area contributed by atoms with E-state index in [1.54, 1.807) is 0 Å². The molecule has 1 aliphatic carbocycles. The fraction of sp³-hybridized carbons (Fsp3) is 0.286. The lowest BCUT2D eigenvalue weighted by molar-refractivity contribution is 1.07.